The van der Waals surface area contributed by atoms with Gasteiger partial charge in [-0.05, 0) is 20.0 Å². The molecule has 0 aliphatic carbocycles. The van der Waals surface area contributed by atoms with Crippen molar-refractivity contribution in [3.05, 3.63) is 36.6 Å². The predicted octanol–water partition coefficient (Wildman–Crippen LogP) is 1.96. The maximum absolute atomic E-state index is 3.90. The topological polar surface area (TPSA) is 3.24 Å². The summed E-state index contributed by atoms with van der Waals surface area (Å²) in [4.78, 5) is 2.10. The molecule has 0 amide bonds. The fourth-order valence-electron chi connectivity index (χ4n) is 0.608. The third-order valence-electron chi connectivity index (χ3n) is 1.56. The molecule has 0 aromatic carbocycles. The van der Waals surface area contributed by atoms with Crippen LogP contribution in [0, 0.1) is 0 Å². The summed E-state index contributed by atoms with van der Waals surface area (Å²) in [5.74, 6) is 0. The molecule has 1 nitrogen and oxygen atoms in total. The van der Waals surface area contributed by atoms with Gasteiger partial charge in [0.05, 0.1) is 0 Å². The van der Waals surface area contributed by atoms with Gasteiger partial charge in [0.15, 0.2) is 0 Å². The molecule has 0 unspecified atom stereocenters. The highest BCUT2D eigenvalue weighted by Gasteiger charge is 1.92. The van der Waals surface area contributed by atoms with E-state index < -0.39 is 0 Å². The summed E-state index contributed by atoms with van der Waals surface area (Å²) >= 11 is 0. The lowest BCUT2D eigenvalue weighted by Gasteiger charge is -2.15. The van der Waals surface area contributed by atoms with Gasteiger partial charge >= 0.3 is 0 Å². The number of hydrogen-bond acceptors (Lipinski definition) is 1. The van der Waals surface area contributed by atoms with Crippen LogP contribution >= 0.6 is 0 Å². The standard InChI is InChI=1S/C9H16BN/c1-5-6-7-8-9(2)11(4)10-3/h5-8,10H,2H2,1,3-4H3/b6-5-,8-7-. The molecular weight excluding hydrogens is 133 g/mol. The Labute approximate surface area is 70.4 Å². The summed E-state index contributed by atoms with van der Waals surface area (Å²) in [6, 6.07) is 0. The van der Waals surface area contributed by atoms with Gasteiger partial charge in [0.25, 0.3) is 0 Å². The van der Waals surface area contributed by atoms with E-state index in [1.807, 2.05) is 38.3 Å². The van der Waals surface area contributed by atoms with E-state index in [0.29, 0.717) is 0 Å². The first-order valence-electron chi connectivity index (χ1n) is 3.91. The van der Waals surface area contributed by atoms with Gasteiger partial charge in [-0.25, -0.2) is 0 Å². The molecule has 0 aliphatic heterocycles. The van der Waals surface area contributed by atoms with Gasteiger partial charge < -0.3 is 4.81 Å². The molecule has 0 aromatic rings. The normalized spacial score (nSPS) is 10.8. The lowest BCUT2D eigenvalue weighted by atomic mass is 9.96. The van der Waals surface area contributed by atoms with Crippen LogP contribution in [0.4, 0.5) is 0 Å². The van der Waals surface area contributed by atoms with Gasteiger partial charge in [0, 0.05) is 5.70 Å². The monoisotopic (exact) mass is 149 g/mol. The summed E-state index contributed by atoms with van der Waals surface area (Å²) in [6.07, 6.45) is 7.99. The molecule has 0 saturated carbocycles. The predicted molar refractivity (Wildman–Crippen MR) is 53.9 cm³/mol. The minimum atomic E-state index is 0.999. The zero-order valence-corrected chi connectivity index (χ0v) is 7.67. The van der Waals surface area contributed by atoms with Crippen LogP contribution in [0.5, 0.6) is 0 Å². The number of likely N-dealkylation sites (N-methyl/N-ethyl adjacent to an activating group) is 1. The Kier molecular flexibility index (Phi) is 5.35. The van der Waals surface area contributed by atoms with Crippen molar-refractivity contribution in [2.75, 3.05) is 7.05 Å². The van der Waals surface area contributed by atoms with Crippen LogP contribution in [0.1, 0.15) is 6.92 Å². The van der Waals surface area contributed by atoms with E-state index in [-0.39, 0.29) is 0 Å². The molecule has 0 atom stereocenters. The molecule has 0 bridgehead atoms. The Hall–Kier alpha value is -0.915. The highest BCUT2D eigenvalue weighted by Crippen LogP contribution is 1.97. The molecule has 0 heterocycles. The highest BCUT2D eigenvalue weighted by molar-refractivity contribution is 6.30. The quantitative estimate of drug-likeness (QED) is 0.436. The van der Waals surface area contributed by atoms with Crippen LogP contribution in [0.15, 0.2) is 36.6 Å². The largest absolute Gasteiger partial charge is 0.422 e. The van der Waals surface area contributed by atoms with E-state index in [9.17, 15) is 0 Å². The molecule has 0 aromatic heterocycles. The molecule has 0 saturated heterocycles. The average Bonchev–Trinajstić information content (AvgIpc) is 2.03. The molecule has 60 valence electrons. The van der Waals surface area contributed by atoms with Crippen molar-refractivity contribution in [2.45, 2.75) is 13.7 Å². The van der Waals surface area contributed by atoms with Crippen molar-refractivity contribution in [3.63, 3.8) is 0 Å². The second-order valence-corrected chi connectivity index (χ2v) is 2.39. The molecule has 0 rings (SSSR count). The van der Waals surface area contributed by atoms with Crippen LogP contribution in [-0.4, -0.2) is 19.3 Å². The molecule has 0 N–H and O–H groups in total. The Morgan fingerprint density at radius 2 is 2.09 bits per heavy atom. The van der Waals surface area contributed by atoms with Gasteiger partial charge in [-0.2, -0.15) is 0 Å². The van der Waals surface area contributed by atoms with Gasteiger partial charge in [-0.1, -0.05) is 31.6 Å². The zero-order valence-electron chi connectivity index (χ0n) is 7.67. The van der Waals surface area contributed by atoms with Gasteiger partial charge in [0.1, 0.15) is 0 Å². The van der Waals surface area contributed by atoms with Crippen molar-refractivity contribution < 1.29 is 0 Å². The maximum Gasteiger partial charge on any atom is 0.232 e. The fraction of sp³-hybridized carbons (Fsp3) is 0.333. The molecule has 11 heavy (non-hydrogen) atoms. The summed E-state index contributed by atoms with van der Waals surface area (Å²) in [5, 5.41) is 0. The third-order valence-corrected chi connectivity index (χ3v) is 1.56. The minimum Gasteiger partial charge on any atom is -0.422 e. The van der Waals surface area contributed by atoms with Gasteiger partial charge in [-0.3, -0.25) is 0 Å². The van der Waals surface area contributed by atoms with E-state index >= 15 is 0 Å². The second-order valence-electron chi connectivity index (χ2n) is 2.39. The summed E-state index contributed by atoms with van der Waals surface area (Å²) in [5.41, 5.74) is 1.05. The number of allylic oxidation sites excluding steroid dienone is 4. The lowest BCUT2D eigenvalue weighted by Crippen LogP contribution is -2.17. The lowest BCUT2D eigenvalue weighted by molar-refractivity contribution is 0.693. The van der Waals surface area contributed by atoms with Crippen LogP contribution in [0.2, 0.25) is 6.82 Å². The summed E-state index contributed by atoms with van der Waals surface area (Å²) in [7, 11) is 3.03. The second kappa shape index (κ2) is 5.84. The summed E-state index contributed by atoms with van der Waals surface area (Å²) in [6.45, 7) is 8.00. The first-order chi connectivity index (χ1) is 5.22. The number of hydrogen-bond donors (Lipinski definition) is 0. The Morgan fingerprint density at radius 1 is 1.45 bits per heavy atom. The van der Waals surface area contributed by atoms with Crippen molar-refractivity contribution >= 4 is 7.41 Å². The molecule has 0 fully saturated rings. The zero-order chi connectivity index (χ0) is 8.69. The third kappa shape index (κ3) is 4.48. The first kappa shape index (κ1) is 10.1. The van der Waals surface area contributed by atoms with Crippen molar-refractivity contribution in [3.8, 4) is 0 Å². The SMILES string of the molecule is C=C(/C=C\C=C/C)N(C)BC. The van der Waals surface area contributed by atoms with E-state index in [0.717, 1.165) is 13.1 Å². The Bertz CT molecular complexity index is 170. The van der Waals surface area contributed by atoms with Crippen LogP contribution in [-0.2, 0) is 0 Å². The molecule has 0 radical (unpaired) electrons. The fourth-order valence-corrected chi connectivity index (χ4v) is 0.608. The van der Waals surface area contributed by atoms with Crippen molar-refractivity contribution in [1.29, 1.82) is 0 Å². The number of nitrogens with zero attached hydrogens (tertiary/aromatic N) is 1. The average molecular weight is 149 g/mol. The molecule has 2 heteroatoms. The van der Waals surface area contributed by atoms with E-state index in [1.165, 1.54) is 0 Å². The van der Waals surface area contributed by atoms with Gasteiger partial charge in [0.2, 0.25) is 7.41 Å². The first-order valence-corrected chi connectivity index (χ1v) is 3.91. The maximum atomic E-state index is 3.90. The van der Waals surface area contributed by atoms with Crippen LogP contribution < -0.4 is 0 Å². The van der Waals surface area contributed by atoms with Gasteiger partial charge in [-0.15, -0.1) is 0 Å². The van der Waals surface area contributed by atoms with Crippen LogP contribution in [0.3, 0.4) is 0 Å². The Morgan fingerprint density at radius 3 is 2.55 bits per heavy atom. The molecular formula is C9H16BN. The minimum absolute atomic E-state index is 0.999. The number of rotatable bonds is 4. The highest BCUT2D eigenvalue weighted by atomic mass is 15.0. The molecule has 0 spiro atoms. The smallest absolute Gasteiger partial charge is 0.232 e. The van der Waals surface area contributed by atoms with E-state index in [4.69, 9.17) is 0 Å². The van der Waals surface area contributed by atoms with Crippen LogP contribution in [0.25, 0.3) is 0 Å². The van der Waals surface area contributed by atoms with E-state index in [2.05, 4.69) is 18.2 Å². The Balaban J connectivity index is 3.86. The van der Waals surface area contributed by atoms with Crippen molar-refractivity contribution in [1.82, 2.24) is 4.81 Å². The summed E-state index contributed by atoms with van der Waals surface area (Å²) < 4.78 is 0. The van der Waals surface area contributed by atoms with E-state index in [1.54, 1.807) is 0 Å². The van der Waals surface area contributed by atoms with Crippen molar-refractivity contribution in [2.24, 2.45) is 0 Å². The molecule has 0 aliphatic rings.